The van der Waals surface area contributed by atoms with E-state index in [1.165, 1.54) is 154 Å². The summed E-state index contributed by atoms with van der Waals surface area (Å²) in [5, 5.41) is 10.6. The van der Waals surface area contributed by atoms with Gasteiger partial charge in [0.1, 0.15) is 19.3 Å². The monoisotopic (exact) mass is 1270 g/mol. The molecule has 0 saturated carbocycles. The molecule has 3 N–H and O–H groups in total. The minimum atomic E-state index is -4.95. The Hall–Kier alpha value is -1.94. The first-order valence-electron chi connectivity index (χ1n) is 35.0. The van der Waals surface area contributed by atoms with Gasteiger partial charge in [0.2, 0.25) is 0 Å². The molecule has 0 rings (SSSR count). The van der Waals surface area contributed by atoms with E-state index in [2.05, 4.69) is 41.5 Å². The Labute approximate surface area is 524 Å². The summed E-state index contributed by atoms with van der Waals surface area (Å²) in [4.78, 5) is 72.3. The van der Waals surface area contributed by atoms with Crippen molar-refractivity contribution in [3.8, 4) is 0 Å². The molecular formula is C67H130O17P2. The molecule has 0 spiro atoms. The lowest BCUT2D eigenvalue weighted by atomic mass is 9.99. The fourth-order valence-corrected chi connectivity index (χ4v) is 11.6. The SMILES string of the molecule is CCCCCCCCCCCCCCCCCC(=O)O[C@H](COC(=O)CCCCCCCCCCC(C)CC)COP(=O)(O)OC[C@@H](O)COP(=O)(O)OC[C@@H](COC(=O)CCCCCCCCCCC)OC(=O)CCCCCCCCCC(C)C. The number of aliphatic hydroxyl groups excluding tert-OH is 1. The van der Waals surface area contributed by atoms with Gasteiger partial charge in [-0.15, -0.1) is 0 Å². The summed E-state index contributed by atoms with van der Waals surface area (Å²) in [6, 6.07) is 0. The summed E-state index contributed by atoms with van der Waals surface area (Å²) in [5.41, 5.74) is 0. The van der Waals surface area contributed by atoms with Gasteiger partial charge in [0, 0.05) is 25.7 Å². The number of esters is 4. The number of hydrogen-bond donors (Lipinski definition) is 3. The Bertz CT molecular complexity index is 1690. The van der Waals surface area contributed by atoms with Gasteiger partial charge < -0.3 is 33.8 Å². The molecule has 6 atom stereocenters. The Kier molecular flexibility index (Phi) is 58.0. The smallest absolute Gasteiger partial charge is 0.462 e. The van der Waals surface area contributed by atoms with Gasteiger partial charge in [0.25, 0.3) is 0 Å². The van der Waals surface area contributed by atoms with Crippen LogP contribution in [0, 0.1) is 11.8 Å². The molecule has 0 fully saturated rings. The zero-order valence-corrected chi connectivity index (χ0v) is 57.4. The van der Waals surface area contributed by atoms with Crippen LogP contribution in [0.1, 0.15) is 337 Å². The van der Waals surface area contributed by atoms with E-state index in [1.807, 2.05) is 0 Å². The summed E-state index contributed by atoms with van der Waals surface area (Å²) in [5.74, 6) is -0.658. The fraction of sp³-hybridized carbons (Fsp3) is 0.940. The number of phosphoric ester groups is 2. The average Bonchev–Trinajstić information content (AvgIpc) is 3.52. The van der Waals surface area contributed by atoms with E-state index in [4.69, 9.17) is 37.0 Å². The Morgan fingerprint density at radius 3 is 0.884 bits per heavy atom. The molecule has 510 valence electrons. The molecule has 0 bridgehead atoms. The molecule has 0 aliphatic heterocycles. The van der Waals surface area contributed by atoms with Gasteiger partial charge >= 0.3 is 39.5 Å². The van der Waals surface area contributed by atoms with Gasteiger partial charge in [0.05, 0.1) is 26.4 Å². The second-order valence-electron chi connectivity index (χ2n) is 24.9. The number of aliphatic hydroxyl groups is 1. The van der Waals surface area contributed by atoms with Gasteiger partial charge in [-0.25, -0.2) is 9.13 Å². The summed E-state index contributed by atoms with van der Waals surface area (Å²) in [7, 11) is -9.89. The van der Waals surface area contributed by atoms with Crippen molar-refractivity contribution in [1.82, 2.24) is 0 Å². The van der Waals surface area contributed by atoms with Crippen LogP contribution >= 0.6 is 15.6 Å². The third-order valence-electron chi connectivity index (χ3n) is 15.8. The number of phosphoric acid groups is 2. The number of carbonyl (C=O) groups is 4. The molecule has 19 heteroatoms. The predicted molar refractivity (Wildman–Crippen MR) is 345 cm³/mol. The highest BCUT2D eigenvalue weighted by atomic mass is 31.2. The van der Waals surface area contributed by atoms with Crippen LogP contribution in [0.15, 0.2) is 0 Å². The lowest BCUT2D eigenvalue weighted by Gasteiger charge is -2.21. The van der Waals surface area contributed by atoms with Gasteiger partial charge in [0.15, 0.2) is 12.2 Å². The molecule has 0 saturated heterocycles. The quantitative estimate of drug-likeness (QED) is 0.0222. The molecule has 0 aromatic heterocycles. The van der Waals surface area contributed by atoms with Crippen LogP contribution in [0.3, 0.4) is 0 Å². The highest BCUT2D eigenvalue weighted by Gasteiger charge is 2.30. The van der Waals surface area contributed by atoms with Crippen molar-refractivity contribution in [2.24, 2.45) is 11.8 Å². The fourth-order valence-electron chi connectivity index (χ4n) is 10.0. The first-order valence-corrected chi connectivity index (χ1v) is 38.0. The van der Waals surface area contributed by atoms with Crippen molar-refractivity contribution in [3.05, 3.63) is 0 Å². The van der Waals surface area contributed by atoms with Crippen LogP contribution in [0.25, 0.3) is 0 Å². The van der Waals surface area contributed by atoms with Crippen molar-refractivity contribution < 1.29 is 80.2 Å². The van der Waals surface area contributed by atoms with Crippen LogP contribution < -0.4 is 0 Å². The number of hydrogen-bond acceptors (Lipinski definition) is 15. The number of ether oxygens (including phenoxy) is 4. The molecule has 86 heavy (non-hydrogen) atoms. The summed E-state index contributed by atoms with van der Waals surface area (Å²) < 4.78 is 68.1. The third kappa shape index (κ3) is 59.7. The number of rotatable bonds is 66. The van der Waals surface area contributed by atoms with E-state index in [9.17, 15) is 43.2 Å². The normalized spacial score (nSPS) is 14.5. The Balaban J connectivity index is 5.24. The Morgan fingerprint density at radius 1 is 0.337 bits per heavy atom. The predicted octanol–water partition coefficient (Wildman–Crippen LogP) is 18.8. The molecule has 0 amide bonds. The van der Waals surface area contributed by atoms with Crippen molar-refractivity contribution in [2.75, 3.05) is 39.6 Å². The van der Waals surface area contributed by atoms with E-state index >= 15 is 0 Å². The van der Waals surface area contributed by atoms with Crippen molar-refractivity contribution in [3.63, 3.8) is 0 Å². The van der Waals surface area contributed by atoms with E-state index < -0.39 is 97.5 Å². The molecule has 0 aliphatic carbocycles. The molecule has 17 nitrogen and oxygen atoms in total. The molecule has 0 aliphatic rings. The minimum absolute atomic E-state index is 0.103. The van der Waals surface area contributed by atoms with Gasteiger partial charge in [-0.1, -0.05) is 286 Å². The zero-order chi connectivity index (χ0) is 63.6. The highest BCUT2D eigenvalue weighted by Crippen LogP contribution is 2.45. The molecule has 0 radical (unpaired) electrons. The van der Waals surface area contributed by atoms with E-state index in [1.54, 1.807) is 0 Å². The average molecular weight is 1270 g/mol. The highest BCUT2D eigenvalue weighted by molar-refractivity contribution is 7.47. The lowest BCUT2D eigenvalue weighted by molar-refractivity contribution is -0.161. The molecule has 0 aromatic rings. The third-order valence-corrected chi connectivity index (χ3v) is 17.7. The standard InChI is InChI=1S/C67H130O17P2/c1-7-10-12-14-16-18-19-20-21-22-23-25-33-39-45-51-66(71)83-62(55-78-65(70)50-44-38-32-27-26-30-36-42-48-60(6)9-3)57-81-85(73,74)79-53-61(68)54-80-86(75,76)82-58-63(56-77-64(69)49-43-37-31-24-17-15-13-11-8-2)84-67(72)52-46-40-34-28-29-35-41-47-59(4)5/h59-63,68H,7-58H2,1-6H3,(H,73,74)(H,75,76)/t60?,61-,62-,63-/m1/s1. The van der Waals surface area contributed by atoms with E-state index in [-0.39, 0.29) is 25.7 Å². The maximum absolute atomic E-state index is 13.0. The van der Waals surface area contributed by atoms with Gasteiger partial charge in [-0.2, -0.15) is 0 Å². The maximum Gasteiger partial charge on any atom is 0.472 e. The van der Waals surface area contributed by atoms with Crippen LogP contribution in [0.5, 0.6) is 0 Å². The second-order valence-corrected chi connectivity index (χ2v) is 27.8. The van der Waals surface area contributed by atoms with Gasteiger partial charge in [-0.05, 0) is 37.5 Å². The summed E-state index contributed by atoms with van der Waals surface area (Å²) in [6.07, 6.45) is 43.1. The lowest BCUT2D eigenvalue weighted by Crippen LogP contribution is -2.30. The summed E-state index contributed by atoms with van der Waals surface area (Å²) in [6.45, 7) is 9.45. The molecule has 3 unspecified atom stereocenters. The first kappa shape index (κ1) is 84.1. The molecule has 0 heterocycles. The largest absolute Gasteiger partial charge is 0.472 e. The second kappa shape index (κ2) is 59.4. The first-order chi connectivity index (χ1) is 41.4. The topological polar surface area (TPSA) is 237 Å². The van der Waals surface area contributed by atoms with Crippen LogP contribution in [0.2, 0.25) is 0 Å². The molecular weight excluding hydrogens is 1140 g/mol. The van der Waals surface area contributed by atoms with Crippen molar-refractivity contribution in [2.45, 2.75) is 355 Å². The van der Waals surface area contributed by atoms with Crippen LogP contribution in [0.4, 0.5) is 0 Å². The molecule has 0 aromatic carbocycles. The van der Waals surface area contributed by atoms with E-state index in [0.717, 1.165) is 95.8 Å². The van der Waals surface area contributed by atoms with Crippen molar-refractivity contribution in [1.29, 1.82) is 0 Å². The zero-order valence-electron chi connectivity index (χ0n) is 55.6. The van der Waals surface area contributed by atoms with Gasteiger partial charge in [-0.3, -0.25) is 37.3 Å². The van der Waals surface area contributed by atoms with E-state index in [0.29, 0.717) is 31.6 Å². The van der Waals surface area contributed by atoms with Crippen LogP contribution in [-0.2, 0) is 65.4 Å². The number of carbonyl (C=O) groups excluding carboxylic acids is 4. The van der Waals surface area contributed by atoms with Crippen molar-refractivity contribution >= 4 is 39.5 Å². The van der Waals surface area contributed by atoms with Crippen LogP contribution in [-0.4, -0.2) is 96.7 Å². The minimum Gasteiger partial charge on any atom is -0.462 e. The Morgan fingerprint density at radius 2 is 0.593 bits per heavy atom. The summed E-state index contributed by atoms with van der Waals surface area (Å²) >= 11 is 0. The maximum atomic E-state index is 13.0. The number of unbranched alkanes of at least 4 members (excludes halogenated alkanes) is 35.